The summed E-state index contributed by atoms with van der Waals surface area (Å²) in [7, 11) is 0. The van der Waals surface area contributed by atoms with Gasteiger partial charge in [0, 0.05) is 5.02 Å². The van der Waals surface area contributed by atoms with E-state index >= 15 is 0 Å². The quantitative estimate of drug-likeness (QED) is 0.933. The van der Waals surface area contributed by atoms with Crippen LogP contribution in [0.3, 0.4) is 0 Å². The highest BCUT2D eigenvalue weighted by molar-refractivity contribution is 6.30. The van der Waals surface area contributed by atoms with E-state index in [-0.39, 0.29) is 17.9 Å². The van der Waals surface area contributed by atoms with Crippen LogP contribution in [0.1, 0.15) is 45.7 Å². The molecule has 1 aliphatic rings. The Morgan fingerprint density at radius 1 is 1.33 bits per heavy atom. The fraction of sp³-hybridized carbons (Fsp3) is 0.500. The molecule has 0 saturated carbocycles. The Morgan fingerprint density at radius 2 is 1.90 bits per heavy atom. The third-order valence-corrected chi connectivity index (χ3v) is 4.63. The van der Waals surface area contributed by atoms with Crippen LogP contribution >= 0.6 is 11.6 Å². The van der Waals surface area contributed by atoms with Gasteiger partial charge >= 0.3 is 0 Å². The van der Waals surface area contributed by atoms with Crippen molar-refractivity contribution in [3.05, 3.63) is 34.9 Å². The molecule has 0 bridgehead atoms. The van der Waals surface area contributed by atoms with Crippen molar-refractivity contribution in [3.8, 4) is 0 Å². The van der Waals surface area contributed by atoms with E-state index in [1.165, 1.54) is 0 Å². The molecule has 3 atom stereocenters. The predicted octanol–water partition coefficient (Wildman–Crippen LogP) is 2.92. The van der Waals surface area contributed by atoms with Gasteiger partial charge in [-0.25, -0.2) is 0 Å². The number of halogens is 1. The number of amides is 2. The Morgan fingerprint density at radius 3 is 2.43 bits per heavy atom. The maximum atomic E-state index is 12.8. The first-order valence-corrected chi connectivity index (χ1v) is 7.58. The minimum absolute atomic E-state index is 0.0421. The highest BCUT2D eigenvalue weighted by Crippen LogP contribution is 2.30. The number of nitrogens with zero attached hydrogens (tertiary/aromatic N) is 1. The summed E-state index contributed by atoms with van der Waals surface area (Å²) in [4.78, 5) is 26.7. The molecule has 0 radical (unpaired) electrons. The van der Waals surface area contributed by atoms with Crippen molar-refractivity contribution in [2.24, 2.45) is 0 Å². The number of carbonyl (C=O) groups excluding carboxylic acids is 2. The van der Waals surface area contributed by atoms with Crippen LogP contribution in [-0.2, 0) is 9.59 Å². The molecule has 1 aliphatic heterocycles. The zero-order chi connectivity index (χ0) is 15.8. The Balaban J connectivity index is 2.36. The fourth-order valence-corrected chi connectivity index (χ4v) is 2.80. The van der Waals surface area contributed by atoms with Gasteiger partial charge in [0.05, 0.1) is 6.04 Å². The van der Waals surface area contributed by atoms with Crippen LogP contribution in [0.25, 0.3) is 0 Å². The molecule has 3 unspecified atom stereocenters. The molecule has 114 valence electrons. The van der Waals surface area contributed by atoms with Crippen molar-refractivity contribution in [2.75, 3.05) is 0 Å². The maximum Gasteiger partial charge on any atom is 0.249 e. The molecule has 0 aliphatic carbocycles. The molecule has 1 aromatic rings. The highest BCUT2D eigenvalue weighted by Gasteiger charge is 2.47. The molecular formula is C16H21ClN2O2. The summed E-state index contributed by atoms with van der Waals surface area (Å²) in [5.74, 6) is -0.153. The molecule has 0 aromatic heterocycles. The van der Waals surface area contributed by atoms with Gasteiger partial charge in [-0.15, -0.1) is 0 Å². The predicted molar refractivity (Wildman–Crippen MR) is 83.0 cm³/mol. The monoisotopic (exact) mass is 308 g/mol. The molecule has 1 saturated heterocycles. The SMILES string of the molecule is CCC1(C)NC(=O)C(C)N(C(C)c2ccc(Cl)cc2)C1=O. The van der Waals surface area contributed by atoms with Gasteiger partial charge in [-0.3, -0.25) is 9.59 Å². The summed E-state index contributed by atoms with van der Waals surface area (Å²) in [6.07, 6.45) is 0.564. The van der Waals surface area contributed by atoms with Crippen molar-refractivity contribution in [1.29, 1.82) is 0 Å². The summed E-state index contributed by atoms with van der Waals surface area (Å²) in [6, 6.07) is 6.72. The van der Waals surface area contributed by atoms with Crippen LogP contribution < -0.4 is 5.32 Å². The van der Waals surface area contributed by atoms with Gasteiger partial charge in [-0.05, 0) is 44.9 Å². The second-order valence-electron chi connectivity index (χ2n) is 5.79. The molecule has 2 rings (SSSR count). The van der Waals surface area contributed by atoms with E-state index in [1.807, 2.05) is 26.0 Å². The van der Waals surface area contributed by atoms with E-state index in [1.54, 1.807) is 30.9 Å². The van der Waals surface area contributed by atoms with Gasteiger partial charge in [0.1, 0.15) is 11.6 Å². The molecule has 1 N–H and O–H groups in total. The molecular weight excluding hydrogens is 288 g/mol. The lowest BCUT2D eigenvalue weighted by Crippen LogP contribution is -2.68. The van der Waals surface area contributed by atoms with E-state index in [0.717, 1.165) is 5.56 Å². The van der Waals surface area contributed by atoms with Crippen LogP contribution in [0, 0.1) is 0 Å². The minimum Gasteiger partial charge on any atom is -0.340 e. The van der Waals surface area contributed by atoms with Crippen LogP contribution in [0.4, 0.5) is 0 Å². The van der Waals surface area contributed by atoms with Gasteiger partial charge in [0.15, 0.2) is 0 Å². The molecule has 0 spiro atoms. The molecule has 5 heteroatoms. The van der Waals surface area contributed by atoms with Crippen LogP contribution in [0.2, 0.25) is 5.02 Å². The van der Waals surface area contributed by atoms with E-state index in [9.17, 15) is 9.59 Å². The lowest BCUT2D eigenvalue weighted by Gasteiger charge is -2.45. The molecule has 1 fully saturated rings. The Kier molecular flexibility index (Phi) is 4.28. The average Bonchev–Trinajstić information content (AvgIpc) is 2.46. The van der Waals surface area contributed by atoms with Crippen molar-refractivity contribution < 1.29 is 9.59 Å². The Labute approximate surface area is 130 Å². The van der Waals surface area contributed by atoms with Crippen LogP contribution in [-0.4, -0.2) is 28.3 Å². The lowest BCUT2D eigenvalue weighted by atomic mass is 9.90. The Hall–Kier alpha value is -1.55. The number of hydrogen-bond donors (Lipinski definition) is 1. The molecule has 21 heavy (non-hydrogen) atoms. The summed E-state index contributed by atoms with van der Waals surface area (Å²) >= 11 is 5.91. The van der Waals surface area contributed by atoms with Crippen molar-refractivity contribution in [1.82, 2.24) is 10.2 Å². The normalized spacial score (nSPS) is 27.5. The number of carbonyl (C=O) groups is 2. The first-order chi connectivity index (χ1) is 9.80. The minimum atomic E-state index is -0.829. The largest absolute Gasteiger partial charge is 0.340 e. The number of benzene rings is 1. The fourth-order valence-electron chi connectivity index (χ4n) is 2.67. The number of piperazine rings is 1. The van der Waals surface area contributed by atoms with E-state index in [2.05, 4.69) is 5.32 Å². The van der Waals surface area contributed by atoms with E-state index < -0.39 is 11.6 Å². The molecule has 1 heterocycles. The first-order valence-electron chi connectivity index (χ1n) is 7.20. The zero-order valence-corrected chi connectivity index (χ0v) is 13.6. The molecule has 4 nitrogen and oxygen atoms in total. The highest BCUT2D eigenvalue weighted by atomic mass is 35.5. The molecule has 1 aromatic carbocycles. The van der Waals surface area contributed by atoms with Crippen molar-refractivity contribution >= 4 is 23.4 Å². The Bertz CT molecular complexity index is 558. The summed E-state index contributed by atoms with van der Waals surface area (Å²) in [5.41, 5.74) is 0.136. The van der Waals surface area contributed by atoms with Gasteiger partial charge in [-0.1, -0.05) is 30.7 Å². The average molecular weight is 309 g/mol. The number of rotatable bonds is 3. The smallest absolute Gasteiger partial charge is 0.249 e. The number of hydrogen-bond acceptors (Lipinski definition) is 2. The maximum absolute atomic E-state index is 12.8. The van der Waals surface area contributed by atoms with Crippen LogP contribution in [0.15, 0.2) is 24.3 Å². The first kappa shape index (κ1) is 15.8. The van der Waals surface area contributed by atoms with Crippen molar-refractivity contribution in [3.63, 3.8) is 0 Å². The third-order valence-electron chi connectivity index (χ3n) is 4.38. The second-order valence-corrected chi connectivity index (χ2v) is 6.23. The van der Waals surface area contributed by atoms with E-state index in [4.69, 9.17) is 11.6 Å². The standard InChI is InChI=1S/C16H21ClN2O2/c1-5-16(4)15(21)19(11(3)14(20)18-16)10(2)12-6-8-13(17)9-7-12/h6-11H,5H2,1-4H3,(H,18,20). The number of nitrogens with one attached hydrogen (secondary N) is 1. The summed E-state index contributed by atoms with van der Waals surface area (Å²) in [5, 5.41) is 3.49. The zero-order valence-electron chi connectivity index (χ0n) is 12.8. The molecule has 2 amide bonds. The van der Waals surface area contributed by atoms with Gasteiger partial charge in [-0.2, -0.15) is 0 Å². The van der Waals surface area contributed by atoms with Gasteiger partial charge < -0.3 is 10.2 Å². The van der Waals surface area contributed by atoms with Gasteiger partial charge in [0.2, 0.25) is 11.8 Å². The van der Waals surface area contributed by atoms with E-state index in [0.29, 0.717) is 11.4 Å². The van der Waals surface area contributed by atoms with Gasteiger partial charge in [0.25, 0.3) is 0 Å². The van der Waals surface area contributed by atoms with Crippen molar-refractivity contribution in [2.45, 2.75) is 51.7 Å². The lowest BCUT2D eigenvalue weighted by molar-refractivity contribution is -0.156. The second kappa shape index (κ2) is 5.68. The van der Waals surface area contributed by atoms with Crippen LogP contribution in [0.5, 0.6) is 0 Å². The topological polar surface area (TPSA) is 49.4 Å². The summed E-state index contributed by atoms with van der Waals surface area (Å²) in [6.45, 7) is 7.38. The third kappa shape index (κ3) is 2.77. The summed E-state index contributed by atoms with van der Waals surface area (Å²) < 4.78 is 0.